The highest BCUT2D eigenvalue weighted by molar-refractivity contribution is 7.17. The Labute approximate surface area is 161 Å². The predicted molar refractivity (Wildman–Crippen MR) is 111 cm³/mol. The SMILES string of the molecule is Nc1c2c(nc3scc(-c4ccccc4)c13)CC(c1ccccc1)CC2=O. The predicted octanol–water partition coefficient (Wildman–Crippen LogP) is 5.46. The molecule has 5 rings (SSSR count). The molecule has 4 heteroatoms. The highest BCUT2D eigenvalue weighted by Gasteiger charge is 2.31. The van der Waals surface area contributed by atoms with E-state index in [4.69, 9.17) is 10.7 Å². The van der Waals surface area contributed by atoms with E-state index in [1.165, 1.54) is 5.56 Å². The Hall–Kier alpha value is -2.98. The summed E-state index contributed by atoms with van der Waals surface area (Å²) in [5.74, 6) is 0.270. The Morgan fingerprint density at radius 1 is 0.963 bits per heavy atom. The largest absolute Gasteiger partial charge is 0.397 e. The molecule has 1 aliphatic rings. The first-order valence-corrected chi connectivity index (χ1v) is 9.93. The number of thiophene rings is 1. The third kappa shape index (κ3) is 2.64. The molecule has 0 bridgehead atoms. The molecule has 0 saturated carbocycles. The Balaban J connectivity index is 1.65. The molecule has 27 heavy (non-hydrogen) atoms. The van der Waals surface area contributed by atoms with Gasteiger partial charge in [0, 0.05) is 22.8 Å². The molecular formula is C23H18N2OS. The van der Waals surface area contributed by atoms with E-state index < -0.39 is 0 Å². The zero-order valence-corrected chi connectivity index (χ0v) is 15.5. The summed E-state index contributed by atoms with van der Waals surface area (Å²) in [5.41, 5.74) is 11.9. The number of fused-ring (bicyclic) bond motifs is 2. The number of nitrogen functional groups attached to an aromatic ring is 1. The summed E-state index contributed by atoms with van der Waals surface area (Å²) in [6, 6.07) is 20.4. The second kappa shape index (κ2) is 6.32. The lowest BCUT2D eigenvalue weighted by Crippen LogP contribution is -2.21. The lowest BCUT2D eigenvalue weighted by atomic mass is 9.80. The van der Waals surface area contributed by atoms with Crippen LogP contribution in [0.5, 0.6) is 0 Å². The van der Waals surface area contributed by atoms with Gasteiger partial charge in [-0.25, -0.2) is 4.98 Å². The van der Waals surface area contributed by atoms with Crippen molar-refractivity contribution >= 4 is 33.0 Å². The molecule has 2 aromatic carbocycles. The first-order valence-electron chi connectivity index (χ1n) is 9.05. The van der Waals surface area contributed by atoms with Crippen LogP contribution in [0.3, 0.4) is 0 Å². The topological polar surface area (TPSA) is 56.0 Å². The van der Waals surface area contributed by atoms with E-state index in [-0.39, 0.29) is 11.7 Å². The van der Waals surface area contributed by atoms with Crippen molar-refractivity contribution in [2.75, 3.05) is 5.73 Å². The maximum absolute atomic E-state index is 13.0. The number of nitrogens with zero attached hydrogens (tertiary/aromatic N) is 1. The van der Waals surface area contributed by atoms with Gasteiger partial charge in [-0.05, 0) is 23.5 Å². The number of Topliss-reactive ketones (excluding diaryl/α,β-unsaturated/α-hetero) is 1. The van der Waals surface area contributed by atoms with Crippen LogP contribution in [0.1, 0.15) is 34.0 Å². The second-order valence-electron chi connectivity index (χ2n) is 6.98. The number of anilines is 1. The normalized spacial score (nSPS) is 16.4. The number of carbonyl (C=O) groups is 1. The Morgan fingerprint density at radius 2 is 1.67 bits per heavy atom. The number of pyridine rings is 1. The van der Waals surface area contributed by atoms with E-state index in [9.17, 15) is 4.79 Å². The molecule has 2 heterocycles. The van der Waals surface area contributed by atoms with Crippen LogP contribution in [0.4, 0.5) is 5.69 Å². The fourth-order valence-corrected chi connectivity index (χ4v) is 5.01. The highest BCUT2D eigenvalue weighted by atomic mass is 32.1. The lowest BCUT2D eigenvalue weighted by molar-refractivity contribution is 0.0964. The van der Waals surface area contributed by atoms with Crippen molar-refractivity contribution in [2.24, 2.45) is 0 Å². The summed E-state index contributed by atoms with van der Waals surface area (Å²) in [6.45, 7) is 0. The van der Waals surface area contributed by atoms with Gasteiger partial charge in [-0.3, -0.25) is 4.79 Å². The number of nitrogens with two attached hydrogens (primary N) is 1. The Kier molecular flexibility index (Phi) is 3.80. The van der Waals surface area contributed by atoms with E-state index in [1.807, 2.05) is 36.4 Å². The van der Waals surface area contributed by atoms with Gasteiger partial charge in [-0.2, -0.15) is 0 Å². The van der Waals surface area contributed by atoms with Gasteiger partial charge in [-0.15, -0.1) is 11.3 Å². The van der Waals surface area contributed by atoms with Gasteiger partial charge in [0.25, 0.3) is 0 Å². The first-order chi connectivity index (χ1) is 13.2. The molecule has 0 amide bonds. The summed E-state index contributed by atoms with van der Waals surface area (Å²) >= 11 is 1.59. The lowest BCUT2D eigenvalue weighted by Gasteiger charge is -2.24. The minimum Gasteiger partial charge on any atom is -0.397 e. The number of aromatic nitrogens is 1. The maximum Gasteiger partial charge on any atom is 0.167 e. The van der Waals surface area contributed by atoms with Crippen molar-refractivity contribution in [1.29, 1.82) is 0 Å². The first kappa shape index (κ1) is 16.2. The zero-order chi connectivity index (χ0) is 18.4. The Morgan fingerprint density at radius 3 is 2.41 bits per heavy atom. The highest BCUT2D eigenvalue weighted by Crippen LogP contribution is 2.42. The van der Waals surface area contributed by atoms with E-state index in [0.29, 0.717) is 17.7 Å². The van der Waals surface area contributed by atoms with Crippen LogP contribution in [-0.4, -0.2) is 10.8 Å². The van der Waals surface area contributed by atoms with Gasteiger partial charge in [0.2, 0.25) is 0 Å². The van der Waals surface area contributed by atoms with Crippen LogP contribution in [0.25, 0.3) is 21.3 Å². The van der Waals surface area contributed by atoms with Gasteiger partial charge < -0.3 is 5.73 Å². The van der Waals surface area contributed by atoms with Crippen LogP contribution < -0.4 is 5.73 Å². The van der Waals surface area contributed by atoms with Crippen LogP contribution in [0.15, 0.2) is 66.0 Å². The fraction of sp³-hybridized carbons (Fsp3) is 0.130. The molecule has 2 aromatic heterocycles. The molecule has 132 valence electrons. The molecule has 1 unspecified atom stereocenters. The monoisotopic (exact) mass is 370 g/mol. The molecule has 0 fully saturated rings. The average Bonchev–Trinajstić information content (AvgIpc) is 3.13. The summed E-state index contributed by atoms with van der Waals surface area (Å²) in [5, 5.41) is 3.00. The van der Waals surface area contributed by atoms with E-state index in [2.05, 4.69) is 29.6 Å². The summed E-state index contributed by atoms with van der Waals surface area (Å²) in [7, 11) is 0. The fourth-order valence-electron chi connectivity index (χ4n) is 4.03. The van der Waals surface area contributed by atoms with Crippen LogP contribution in [0, 0.1) is 0 Å². The number of rotatable bonds is 2. The van der Waals surface area contributed by atoms with Crippen LogP contribution in [0.2, 0.25) is 0 Å². The van der Waals surface area contributed by atoms with Gasteiger partial charge in [0.1, 0.15) is 4.83 Å². The molecular weight excluding hydrogens is 352 g/mol. The van der Waals surface area contributed by atoms with Crippen molar-refractivity contribution in [3.05, 3.63) is 82.9 Å². The molecule has 4 aromatic rings. The number of carbonyl (C=O) groups excluding carboxylic acids is 1. The smallest absolute Gasteiger partial charge is 0.167 e. The van der Waals surface area contributed by atoms with E-state index in [1.54, 1.807) is 11.3 Å². The number of hydrogen-bond acceptors (Lipinski definition) is 4. The minimum absolute atomic E-state index is 0.0993. The quantitative estimate of drug-likeness (QED) is 0.510. The third-order valence-corrected chi connectivity index (χ3v) is 6.21. The summed E-state index contributed by atoms with van der Waals surface area (Å²) < 4.78 is 0. The molecule has 3 nitrogen and oxygen atoms in total. The van der Waals surface area contributed by atoms with Gasteiger partial charge in [0.15, 0.2) is 5.78 Å². The van der Waals surface area contributed by atoms with Crippen molar-refractivity contribution in [3.8, 4) is 11.1 Å². The van der Waals surface area contributed by atoms with Gasteiger partial charge in [-0.1, -0.05) is 60.7 Å². The Bertz CT molecular complexity index is 1150. The molecule has 0 saturated heterocycles. The third-order valence-electron chi connectivity index (χ3n) is 5.34. The molecule has 0 aliphatic heterocycles. The second-order valence-corrected chi connectivity index (χ2v) is 7.84. The van der Waals surface area contributed by atoms with Crippen LogP contribution >= 0.6 is 11.3 Å². The van der Waals surface area contributed by atoms with Crippen molar-refractivity contribution in [3.63, 3.8) is 0 Å². The molecule has 1 aliphatic carbocycles. The summed E-state index contributed by atoms with van der Waals surface area (Å²) in [4.78, 5) is 18.8. The van der Waals surface area contributed by atoms with Crippen molar-refractivity contribution < 1.29 is 4.79 Å². The zero-order valence-electron chi connectivity index (χ0n) is 14.7. The minimum atomic E-state index is 0.0993. The molecule has 0 spiro atoms. The van der Waals surface area contributed by atoms with Crippen molar-refractivity contribution in [1.82, 2.24) is 4.98 Å². The van der Waals surface area contributed by atoms with Crippen LogP contribution in [-0.2, 0) is 6.42 Å². The number of ketones is 1. The van der Waals surface area contributed by atoms with Crippen molar-refractivity contribution in [2.45, 2.75) is 18.8 Å². The molecule has 1 atom stereocenters. The molecule has 0 radical (unpaired) electrons. The van der Waals surface area contributed by atoms with E-state index in [0.717, 1.165) is 33.5 Å². The van der Waals surface area contributed by atoms with E-state index >= 15 is 0 Å². The number of hydrogen-bond donors (Lipinski definition) is 1. The summed E-state index contributed by atoms with van der Waals surface area (Å²) in [6.07, 6.45) is 1.24. The standard InChI is InChI=1S/C23H18N2OS/c24-22-20-17(15-9-5-2-6-10-15)13-27-23(20)25-18-11-16(12-19(26)21(18)22)14-7-3-1-4-8-14/h1-10,13,16H,11-12H2,(H2,24,25). The maximum atomic E-state index is 13.0. The van der Waals surface area contributed by atoms with Gasteiger partial charge >= 0.3 is 0 Å². The van der Waals surface area contributed by atoms with Gasteiger partial charge in [0.05, 0.1) is 16.9 Å². The molecule has 2 N–H and O–H groups in total. The number of benzene rings is 2. The average molecular weight is 370 g/mol.